The fraction of sp³-hybridized carbons (Fsp3) is 0.100. The maximum atomic E-state index is 9.47. The minimum Gasteiger partial charge on any atom is -0.393 e. The average molecular weight is 365 g/mol. The van der Waals surface area contributed by atoms with Crippen LogP contribution in [0.3, 0.4) is 0 Å². The van der Waals surface area contributed by atoms with Crippen LogP contribution in [-0.2, 0) is 0 Å². The van der Waals surface area contributed by atoms with Gasteiger partial charge in [-0.15, -0.1) is 0 Å². The Balaban J connectivity index is 2.12. The molecular weight excluding hydrogens is 352 g/mol. The minimum absolute atomic E-state index is 0.355. The minimum atomic E-state index is -1.01. The van der Waals surface area contributed by atoms with Gasteiger partial charge >= 0.3 is 0 Å². The first-order valence-electron chi connectivity index (χ1n) is 7.35. The van der Waals surface area contributed by atoms with E-state index >= 15 is 0 Å². The van der Waals surface area contributed by atoms with Gasteiger partial charge < -0.3 is 10.2 Å². The largest absolute Gasteiger partial charge is 0.393 e. The summed E-state index contributed by atoms with van der Waals surface area (Å²) in [5, 5.41) is 25.4. The standard InChI is InChI=1S/C20H13BrO2/c21-18-10-6-14-4-8-16-12(3-7-15(23)11-22)1-2-13-5-9-17(18)20(14)19(13)16/h1-2,4-6,8-10,15,22-23H,11H2. The summed E-state index contributed by atoms with van der Waals surface area (Å²) < 4.78 is 1.08. The van der Waals surface area contributed by atoms with Crippen molar-refractivity contribution < 1.29 is 10.2 Å². The maximum absolute atomic E-state index is 9.47. The molecule has 0 aliphatic carbocycles. The quantitative estimate of drug-likeness (QED) is 0.395. The van der Waals surface area contributed by atoms with Crippen LogP contribution in [0.5, 0.6) is 0 Å². The Bertz CT molecular complexity index is 1090. The molecule has 112 valence electrons. The molecule has 0 heterocycles. The molecule has 2 N–H and O–H groups in total. The van der Waals surface area contributed by atoms with Crippen molar-refractivity contribution in [2.45, 2.75) is 6.10 Å². The van der Waals surface area contributed by atoms with E-state index in [9.17, 15) is 5.11 Å². The number of benzene rings is 4. The highest BCUT2D eigenvalue weighted by atomic mass is 79.9. The first-order chi connectivity index (χ1) is 11.2. The first kappa shape index (κ1) is 14.5. The fourth-order valence-electron chi connectivity index (χ4n) is 3.08. The molecule has 1 atom stereocenters. The summed E-state index contributed by atoms with van der Waals surface area (Å²) in [6.07, 6.45) is -1.01. The summed E-state index contributed by atoms with van der Waals surface area (Å²) in [7, 11) is 0. The van der Waals surface area contributed by atoms with E-state index in [4.69, 9.17) is 5.11 Å². The molecule has 0 saturated carbocycles. The molecule has 0 saturated heterocycles. The Labute approximate surface area is 141 Å². The lowest BCUT2D eigenvalue weighted by Crippen LogP contribution is -2.07. The van der Waals surface area contributed by atoms with Gasteiger partial charge in [0.05, 0.1) is 6.61 Å². The number of hydrogen-bond donors (Lipinski definition) is 2. The summed E-state index contributed by atoms with van der Waals surface area (Å²) in [5.41, 5.74) is 0.861. The van der Waals surface area contributed by atoms with Gasteiger partial charge in [0.2, 0.25) is 0 Å². The molecule has 2 nitrogen and oxygen atoms in total. The van der Waals surface area contributed by atoms with Gasteiger partial charge in [-0.05, 0) is 44.5 Å². The van der Waals surface area contributed by atoms with Gasteiger partial charge in [0.15, 0.2) is 0 Å². The lowest BCUT2D eigenvalue weighted by molar-refractivity contribution is 0.138. The van der Waals surface area contributed by atoms with E-state index in [2.05, 4.69) is 70.2 Å². The van der Waals surface area contributed by atoms with Gasteiger partial charge in [-0.2, -0.15) is 0 Å². The number of halogens is 1. The normalized spacial score (nSPS) is 12.7. The molecule has 0 fully saturated rings. The van der Waals surface area contributed by atoms with E-state index in [1.165, 1.54) is 26.9 Å². The van der Waals surface area contributed by atoms with Gasteiger partial charge in [0, 0.05) is 10.0 Å². The Hall–Kier alpha value is -2.12. The second-order valence-corrected chi connectivity index (χ2v) is 6.41. The van der Waals surface area contributed by atoms with E-state index < -0.39 is 6.10 Å². The highest BCUT2D eigenvalue weighted by molar-refractivity contribution is 9.10. The summed E-state index contributed by atoms with van der Waals surface area (Å²) >= 11 is 3.63. The topological polar surface area (TPSA) is 40.5 Å². The van der Waals surface area contributed by atoms with Crippen molar-refractivity contribution in [3.63, 3.8) is 0 Å². The van der Waals surface area contributed by atoms with Crippen molar-refractivity contribution in [1.82, 2.24) is 0 Å². The van der Waals surface area contributed by atoms with Crippen LogP contribution in [0.2, 0.25) is 0 Å². The van der Waals surface area contributed by atoms with Crippen LogP contribution in [-0.4, -0.2) is 22.9 Å². The van der Waals surface area contributed by atoms with Crippen LogP contribution in [0.1, 0.15) is 5.56 Å². The summed E-state index contributed by atoms with van der Waals surface area (Å²) in [6, 6.07) is 16.6. The van der Waals surface area contributed by atoms with Crippen molar-refractivity contribution in [2.75, 3.05) is 6.61 Å². The lowest BCUT2D eigenvalue weighted by atomic mass is 9.92. The smallest absolute Gasteiger partial charge is 0.138 e. The molecule has 0 aliphatic heterocycles. The highest BCUT2D eigenvalue weighted by Crippen LogP contribution is 2.38. The third-order valence-electron chi connectivity index (χ3n) is 4.16. The van der Waals surface area contributed by atoms with Gasteiger partial charge in [0.25, 0.3) is 0 Å². The molecular formula is C20H13BrO2. The van der Waals surface area contributed by atoms with Gasteiger partial charge in [-0.1, -0.05) is 64.2 Å². The monoisotopic (exact) mass is 364 g/mol. The number of aliphatic hydroxyl groups is 2. The van der Waals surface area contributed by atoms with Crippen molar-refractivity contribution in [1.29, 1.82) is 0 Å². The zero-order chi connectivity index (χ0) is 16.0. The molecule has 4 rings (SSSR count). The Kier molecular flexibility index (Phi) is 3.46. The predicted octanol–water partition coefficient (Wildman–Crippen LogP) is 4.05. The first-order valence-corrected chi connectivity index (χ1v) is 8.15. The molecule has 0 aromatic heterocycles. The van der Waals surface area contributed by atoms with Gasteiger partial charge in [-0.25, -0.2) is 0 Å². The van der Waals surface area contributed by atoms with E-state index in [-0.39, 0.29) is 6.61 Å². The predicted molar refractivity (Wildman–Crippen MR) is 97.8 cm³/mol. The van der Waals surface area contributed by atoms with Crippen molar-refractivity contribution in [2.24, 2.45) is 0 Å². The third-order valence-corrected chi connectivity index (χ3v) is 4.85. The summed E-state index contributed by atoms with van der Waals surface area (Å²) in [6.45, 7) is -0.355. The fourth-order valence-corrected chi connectivity index (χ4v) is 3.54. The third kappa shape index (κ3) is 2.27. The van der Waals surface area contributed by atoms with Gasteiger partial charge in [-0.3, -0.25) is 0 Å². The second-order valence-electron chi connectivity index (χ2n) is 5.55. The van der Waals surface area contributed by atoms with Crippen LogP contribution < -0.4 is 0 Å². The molecule has 23 heavy (non-hydrogen) atoms. The average Bonchev–Trinajstić information content (AvgIpc) is 2.59. The van der Waals surface area contributed by atoms with E-state index in [1.807, 2.05) is 6.07 Å². The molecule has 1 unspecified atom stereocenters. The Morgan fingerprint density at radius 2 is 1.48 bits per heavy atom. The maximum Gasteiger partial charge on any atom is 0.138 e. The number of hydrogen-bond acceptors (Lipinski definition) is 2. The molecule has 0 aliphatic rings. The molecule has 0 spiro atoms. The van der Waals surface area contributed by atoms with Crippen LogP contribution >= 0.6 is 15.9 Å². The van der Waals surface area contributed by atoms with E-state index in [0.717, 1.165) is 15.4 Å². The van der Waals surface area contributed by atoms with Crippen LogP contribution in [0.15, 0.2) is 53.0 Å². The van der Waals surface area contributed by atoms with E-state index in [1.54, 1.807) is 0 Å². The zero-order valence-corrected chi connectivity index (χ0v) is 13.8. The Morgan fingerprint density at radius 1 is 0.870 bits per heavy atom. The van der Waals surface area contributed by atoms with Crippen molar-refractivity contribution >= 4 is 48.2 Å². The van der Waals surface area contributed by atoms with Crippen LogP contribution in [0.4, 0.5) is 0 Å². The molecule has 4 aromatic rings. The highest BCUT2D eigenvalue weighted by Gasteiger charge is 2.11. The summed E-state index contributed by atoms with van der Waals surface area (Å²) in [4.78, 5) is 0. The van der Waals surface area contributed by atoms with Crippen LogP contribution in [0, 0.1) is 11.8 Å². The lowest BCUT2D eigenvalue weighted by Gasteiger charge is -2.12. The molecule has 0 amide bonds. The van der Waals surface area contributed by atoms with Crippen LogP contribution in [0.25, 0.3) is 32.3 Å². The van der Waals surface area contributed by atoms with Crippen molar-refractivity contribution in [3.8, 4) is 11.8 Å². The summed E-state index contributed by atoms with van der Waals surface area (Å²) in [5.74, 6) is 5.67. The van der Waals surface area contributed by atoms with E-state index in [0.29, 0.717) is 0 Å². The number of rotatable bonds is 1. The molecule has 0 radical (unpaired) electrons. The zero-order valence-electron chi connectivity index (χ0n) is 12.2. The second kappa shape index (κ2) is 5.50. The molecule has 4 aromatic carbocycles. The Morgan fingerprint density at radius 3 is 2.22 bits per heavy atom. The van der Waals surface area contributed by atoms with Crippen molar-refractivity contribution in [3.05, 3.63) is 58.6 Å². The SMILES string of the molecule is OCC(O)C#Cc1ccc2ccc3c(Br)ccc4ccc1c2c43. The molecule has 0 bridgehead atoms. The number of aliphatic hydroxyl groups excluding tert-OH is 2. The van der Waals surface area contributed by atoms with Gasteiger partial charge in [0.1, 0.15) is 6.10 Å². The molecule has 3 heteroatoms.